The molecule has 0 spiro atoms. The van der Waals surface area contributed by atoms with Crippen molar-refractivity contribution in [3.05, 3.63) is 16.8 Å². The number of aromatic nitrogens is 2. The molecule has 1 heterocycles. The first kappa shape index (κ1) is 6.08. The maximum absolute atomic E-state index is 4.01. The Morgan fingerprint density at radius 3 is 2.67 bits per heavy atom. The highest BCUT2D eigenvalue weighted by Gasteiger charge is 1.84. The Morgan fingerprint density at radius 2 is 2.44 bits per heavy atom. The number of hydrogen-bond donors (Lipinski definition) is 0. The molecule has 1 aromatic heterocycles. The van der Waals surface area contributed by atoms with Crippen molar-refractivity contribution in [2.45, 2.75) is 6.92 Å². The van der Waals surface area contributed by atoms with Crippen molar-refractivity contribution in [3.8, 4) is 0 Å². The first-order valence-electron chi connectivity index (χ1n) is 2.89. The van der Waals surface area contributed by atoms with Gasteiger partial charge in [0, 0.05) is 12.3 Å². The second-order valence-corrected chi connectivity index (χ2v) is 1.97. The van der Waals surface area contributed by atoms with Crippen LogP contribution in [-0.2, 0) is 7.05 Å². The van der Waals surface area contributed by atoms with Gasteiger partial charge in [0.15, 0.2) is 0 Å². The van der Waals surface area contributed by atoms with Crippen LogP contribution in [0, 0.1) is 0 Å². The fourth-order valence-corrected chi connectivity index (χ4v) is 0.865. The summed E-state index contributed by atoms with van der Waals surface area (Å²) in [6.45, 7) is 5.78. The molecule has 0 aliphatic carbocycles. The average Bonchev–Trinajstić information content (AvgIpc) is 2.12. The highest BCUT2D eigenvalue weighted by atomic mass is 15.2. The lowest BCUT2D eigenvalue weighted by Crippen LogP contribution is -2.25. The van der Waals surface area contributed by atoms with E-state index in [0.29, 0.717) is 0 Å². The van der Waals surface area contributed by atoms with Gasteiger partial charge in [-0.3, -0.25) is 4.68 Å². The summed E-state index contributed by atoms with van der Waals surface area (Å²) in [6.07, 6.45) is 3.75. The van der Waals surface area contributed by atoms with Gasteiger partial charge in [-0.25, -0.2) is 0 Å². The minimum Gasteiger partial charge on any atom is -0.268 e. The summed E-state index contributed by atoms with van der Waals surface area (Å²) in [7, 11) is 1.91. The smallest absolute Gasteiger partial charge is 0.0630 e. The summed E-state index contributed by atoms with van der Waals surface area (Å²) in [5.74, 6) is 0. The molecule has 1 aromatic rings. The molecule has 0 aliphatic rings. The van der Waals surface area contributed by atoms with Crippen molar-refractivity contribution in [1.82, 2.24) is 9.78 Å². The van der Waals surface area contributed by atoms with E-state index in [1.807, 2.05) is 24.7 Å². The molecule has 0 bridgehead atoms. The largest absolute Gasteiger partial charge is 0.268 e. The Bertz CT molecular complexity index is 295. The normalized spacial score (nSPS) is 12.4. The maximum Gasteiger partial charge on any atom is 0.0630 e. The number of hydrogen-bond acceptors (Lipinski definition) is 1. The van der Waals surface area contributed by atoms with Crippen LogP contribution in [0.2, 0.25) is 0 Å². The zero-order valence-corrected chi connectivity index (χ0v) is 5.76. The molecule has 0 unspecified atom stereocenters. The van der Waals surface area contributed by atoms with Gasteiger partial charge in [0.1, 0.15) is 0 Å². The molecule has 0 N–H and O–H groups in total. The molecule has 0 saturated heterocycles. The molecule has 9 heavy (non-hydrogen) atoms. The average molecular weight is 122 g/mol. The van der Waals surface area contributed by atoms with E-state index < -0.39 is 0 Å². The van der Waals surface area contributed by atoms with Crippen LogP contribution < -0.4 is 10.6 Å². The summed E-state index contributed by atoms with van der Waals surface area (Å²) in [5, 5.41) is 6.09. The number of nitrogens with zero attached hydrogens (tertiary/aromatic N) is 2. The van der Waals surface area contributed by atoms with Gasteiger partial charge in [-0.1, -0.05) is 12.7 Å². The van der Waals surface area contributed by atoms with Crippen LogP contribution in [0.1, 0.15) is 6.92 Å². The number of aryl methyl sites for hydroxylation is 1. The third-order valence-corrected chi connectivity index (χ3v) is 1.34. The highest BCUT2D eigenvalue weighted by molar-refractivity contribution is 5.17. The Hall–Kier alpha value is -1.05. The molecule has 0 amide bonds. The molecular formula is C7H10N2. The van der Waals surface area contributed by atoms with Crippen molar-refractivity contribution < 1.29 is 0 Å². The van der Waals surface area contributed by atoms with Crippen LogP contribution in [-0.4, -0.2) is 9.78 Å². The Kier molecular flexibility index (Phi) is 1.39. The van der Waals surface area contributed by atoms with Crippen LogP contribution >= 0.6 is 0 Å². The zero-order valence-electron chi connectivity index (χ0n) is 5.76. The third-order valence-electron chi connectivity index (χ3n) is 1.34. The van der Waals surface area contributed by atoms with E-state index in [9.17, 15) is 0 Å². The fraction of sp³-hybridized carbons (Fsp3) is 0.286. The zero-order chi connectivity index (χ0) is 6.85. The molecule has 0 saturated carbocycles. The lowest BCUT2D eigenvalue weighted by molar-refractivity contribution is 0.742. The second kappa shape index (κ2) is 2.05. The van der Waals surface area contributed by atoms with Crippen LogP contribution in [0.5, 0.6) is 0 Å². The SMILES string of the molecule is C=c1cnn(C)/c1=C/C. The molecule has 2 heteroatoms. The predicted octanol–water partition coefficient (Wildman–Crippen LogP) is -0.369. The van der Waals surface area contributed by atoms with Crippen LogP contribution in [0.15, 0.2) is 6.20 Å². The standard InChI is InChI=1S/C7H10N2/c1-4-7-6(2)5-8-9(7)3/h4-5H,2H2,1,3H3/b7-4+. The first-order chi connectivity index (χ1) is 4.25. The molecule has 0 aliphatic heterocycles. The predicted molar refractivity (Wildman–Crippen MR) is 38.1 cm³/mol. The highest BCUT2D eigenvalue weighted by Crippen LogP contribution is 1.59. The van der Waals surface area contributed by atoms with Crippen LogP contribution in [0.3, 0.4) is 0 Å². The summed E-state index contributed by atoms with van der Waals surface area (Å²) in [4.78, 5) is 0. The Balaban J connectivity index is 3.61. The first-order valence-corrected chi connectivity index (χ1v) is 2.89. The third kappa shape index (κ3) is 0.875. The van der Waals surface area contributed by atoms with Gasteiger partial charge in [0.25, 0.3) is 0 Å². The van der Waals surface area contributed by atoms with Gasteiger partial charge in [-0.05, 0) is 6.92 Å². The fourth-order valence-electron chi connectivity index (χ4n) is 0.865. The molecule has 0 atom stereocenters. The monoisotopic (exact) mass is 122 g/mol. The van der Waals surface area contributed by atoms with Crippen molar-refractivity contribution in [3.63, 3.8) is 0 Å². The lowest BCUT2D eigenvalue weighted by Gasteiger charge is -1.84. The van der Waals surface area contributed by atoms with Crippen molar-refractivity contribution in [2.75, 3.05) is 0 Å². The molecule has 0 aromatic carbocycles. The Labute approximate surface area is 54.1 Å². The quantitative estimate of drug-likeness (QED) is 0.459. The van der Waals surface area contributed by atoms with Gasteiger partial charge in [-0.15, -0.1) is 0 Å². The van der Waals surface area contributed by atoms with Crippen LogP contribution in [0.4, 0.5) is 0 Å². The van der Waals surface area contributed by atoms with E-state index in [2.05, 4.69) is 11.7 Å². The molecule has 1 rings (SSSR count). The molecule has 48 valence electrons. The van der Waals surface area contributed by atoms with E-state index in [1.165, 1.54) is 0 Å². The van der Waals surface area contributed by atoms with Gasteiger partial charge in [0.05, 0.1) is 11.5 Å². The summed E-state index contributed by atoms with van der Waals surface area (Å²) < 4.78 is 1.81. The van der Waals surface area contributed by atoms with Gasteiger partial charge >= 0.3 is 0 Å². The van der Waals surface area contributed by atoms with E-state index in [4.69, 9.17) is 0 Å². The summed E-state index contributed by atoms with van der Waals surface area (Å²) in [5.41, 5.74) is 0. The Morgan fingerprint density at radius 1 is 1.78 bits per heavy atom. The molecule has 0 radical (unpaired) electrons. The number of rotatable bonds is 0. The van der Waals surface area contributed by atoms with Gasteiger partial charge in [-0.2, -0.15) is 5.10 Å². The van der Waals surface area contributed by atoms with Crippen molar-refractivity contribution in [1.29, 1.82) is 0 Å². The minimum absolute atomic E-state index is 0.986. The van der Waals surface area contributed by atoms with E-state index in [0.717, 1.165) is 10.6 Å². The van der Waals surface area contributed by atoms with Gasteiger partial charge < -0.3 is 0 Å². The summed E-state index contributed by atoms with van der Waals surface area (Å²) in [6, 6.07) is 0. The van der Waals surface area contributed by atoms with E-state index in [-0.39, 0.29) is 0 Å². The van der Waals surface area contributed by atoms with Gasteiger partial charge in [0.2, 0.25) is 0 Å². The maximum atomic E-state index is 4.01. The van der Waals surface area contributed by atoms with E-state index >= 15 is 0 Å². The van der Waals surface area contributed by atoms with E-state index in [1.54, 1.807) is 6.20 Å². The van der Waals surface area contributed by atoms with Crippen LogP contribution in [0.25, 0.3) is 12.7 Å². The van der Waals surface area contributed by atoms with Crippen molar-refractivity contribution >= 4 is 12.7 Å². The summed E-state index contributed by atoms with van der Waals surface area (Å²) >= 11 is 0. The van der Waals surface area contributed by atoms with Crippen molar-refractivity contribution in [2.24, 2.45) is 7.05 Å². The second-order valence-electron chi connectivity index (χ2n) is 1.97. The molecule has 2 nitrogen and oxygen atoms in total. The lowest BCUT2D eigenvalue weighted by atomic mass is 10.4. The minimum atomic E-state index is 0.986. The topological polar surface area (TPSA) is 17.8 Å². The molecular weight excluding hydrogens is 112 g/mol. The molecule has 0 fully saturated rings.